The summed E-state index contributed by atoms with van der Waals surface area (Å²) in [5.41, 5.74) is 1.69. The van der Waals surface area contributed by atoms with Crippen LogP contribution in [0.5, 0.6) is 5.75 Å². The third-order valence-corrected chi connectivity index (χ3v) is 3.09. The SMILES string of the molecule is COc1ccc(C(=O)C(C)Br)cc1CBr. The Morgan fingerprint density at radius 1 is 1.53 bits per heavy atom. The summed E-state index contributed by atoms with van der Waals surface area (Å²) in [6.07, 6.45) is 0. The Balaban J connectivity index is 3.08. The van der Waals surface area contributed by atoms with E-state index in [0.717, 1.165) is 11.3 Å². The van der Waals surface area contributed by atoms with E-state index >= 15 is 0 Å². The van der Waals surface area contributed by atoms with Crippen LogP contribution in [-0.2, 0) is 5.33 Å². The number of ketones is 1. The zero-order valence-corrected chi connectivity index (χ0v) is 11.8. The van der Waals surface area contributed by atoms with Crippen LogP contribution in [0.15, 0.2) is 18.2 Å². The van der Waals surface area contributed by atoms with Gasteiger partial charge in [-0.15, -0.1) is 0 Å². The first-order chi connectivity index (χ1) is 7.10. The van der Waals surface area contributed by atoms with E-state index in [2.05, 4.69) is 31.9 Å². The number of ether oxygens (including phenoxy) is 1. The van der Waals surface area contributed by atoms with Crippen molar-refractivity contribution in [3.63, 3.8) is 0 Å². The van der Waals surface area contributed by atoms with E-state index in [-0.39, 0.29) is 10.6 Å². The van der Waals surface area contributed by atoms with Crippen molar-refractivity contribution in [2.75, 3.05) is 7.11 Å². The largest absolute Gasteiger partial charge is 0.496 e. The van der Waals surface area contributed by atoms with E-state index in [1.165, 1.54) is 0 Å². The summed E-state index contributed by atoms with van der Waals surface area (Å²) in [7, 11) is 1.62. The predicted octanol–water partition coefficient (Wildman–Crippen LogP) is 3.56. The molecule has 0 radical (unpaired) electrons. The first kappa shape index (κ1) is 12.7. The normalized spacial score (nSPS) is 12.3. The molecule has 1 atom stereocenters. The number of alkyl halides is 2. The zero-order chi connectivity index (χ0) is 11.4. The Kier molecular flexibility index (Phi) is 4.80. The molecule has 0 aliphatic rings. The fourth-order valence-electron chi connectivity index (χ4n) is 1.27. The van der Waals surface area contributed by atoms with E-state index in [1.807, 2.05) is 19.1 Å². The Morgan fingerprint density at radius 3 is 2.67 bits per heavy atom. The molecule has 1 rings (SSSR count). The minimum atomic E-state index is -0.158. The minimum absolute atomic E-state index is 0.0832. The molecule has 0 aromatic heterocycles. The molecule has 1 aromatic rings. The number of methoxy groups -OCH3 is 1. The minimum Gasteiger partial charge on any atom is -0.496 e. The molecule has 0 spiro atoms. The fourth-order valence-corrected chi connectivity index (χ4v) is 1.97. The topological polar surface area (TPSA) is 26.3 Å². The number of hydrogen-bond acceptors (Lipinski definition) is 2. The molecule has 82 valence electrons. The van der Waals surface area contributed by atoms with E-state index in [4.69, 9.17) is 4.74 Å². The number of hydrogen-bond donors (Lipinski definition) is 0. The second-order valence-corrected chi connectivity index (χ2v) is 5.07. The van der Waals surface area contributed by atoms with Gasteiger partial charge >= 0.3 is 0 Å². The summed E-state index contributed by atoms with van der Waals surface area (Å²) in [5.74, 6) is 0.880. The van der Waals surface area contributed by atoms with Crippen molar-refractivity contribution in [2.24, 2.45) is 0 Å². The van der Waals surface area contributed by atoms with Crippen molar-refractivity contribution in [1.82, 2.24) is 0 Å². The molecule has 1 unspecified atom stereocenters. The molecule has 0 saturated carbocycles. The summed E-state index contributed by atoms with van der Waals surface area (Å²) in [6.45, 7) is 1.82. The average Bonchev–Trinajstić information content (AvgIpc) is 2.26. The van der Waals surface area contributed by atoms with Crippen LogP contribution in [0.4, 0.5) is 0 Å². The molecule has 2 nitrogen and oxygen atoms in total. The second-order valence-electron chi connectivity index (χ2n) is 3.14. The number of rotatable bonds is 4. The van der Waals surface area contributed by atoms with Crippen LogP contribution in [0.1, 0.15) is 22.8 Å². The molecular formula is C11H12Br2O2. The van der Waals surface area contributed by atoms with Crippen LogP contribution < -0.4 is 4.74 Å². The van der Waals surface area contributed by atoms with Gasteiger partial charge in [-0.2, -0.15) is 0 Å². The second kappa shape index (κ2) is 5.66. The van der Waals surface area contributed by atoms with Crippen molar-refractivity contribution in [2.45, 2.75) is 17.1 Å². The molecule has 0 bridgehead atoms. The molecule has 0 N–H and O–H groups in total. The third-order valence-electron chi connectivity index (χ3n) is 2.07. The highest BCUT2D eigenvalue weighted by Crippen LogP contribution is 2.23. The van der Waals surface area contributed by atoms with Gasteiger partial charge in [0.1, 0.15) is 5.75 Å². The number of halogens is 2. The maximum atomic E-state index is 11.7. The van der Waals surface area contributed by atoms with E-state index in [0.29, 0.717) is 10.9 Å². The predicted molar refractivity (Wildman–Crippen MR) is 68.3 cm³/mol. The first-order valence-corrected chi connectivity index (χ1v) is 6.55. The van der Waals surface area contributed by atoms with Gasteiger partial charge in [-0.1, -0.05) is 31.9 Å². The van der Waals surface area contributed by atoms with Gasteiger partial charge in [0.15, 0.2) is 5.78 Å². The van der Waals surface area contributed by atoms with Gasteiger partial charge in [0.25, 0.3) is 0 Å². The van der Waals surface area contributed by atoms with Crippen LogP contribution >= 0.6 is 31.9 Å². The molecule has 0 heterocycles. The standard InChI is InChI=1S/C11H12Br2O2/c1-7(13)11(14)8-3-4-10(15-2)9(5-8)6-12/h3-5,7H,6H2,1-2H3. The van der Waals surface area contributed by atoms with Crippen LogP contribution in [0, 0.1) is 0 Å². The molecular weight excluding hydrogens is 324 g/mol. The number of carbonyl (C=O) groups excluding carboxylic acids is 1. The van der Waals surface area contributed by atoms with E-state index in [1.54, 1.807) is 13.2 Å². The van der Waals surface area contributed by atoms with Gasteiger partial charge < -0.3 is 4.74 Å². The Morgan fingerprint density at radius 2 is 2.20 bits per heavy atom. The molecule has 0 fully saturated rings. The smallest absolute Gasteiger partial charge is 0.176 e. The highest BCUT2D eigenvalue weighted by molar-refractivity contribution is 9.10. The van der Waals surface area contributed by atoms with Gasteiger partial charge in [-0.05, 0) is 25.1 Å². The number of Topliss-reactive ketones (excluding diaryl/α,β-unsaturated/α-hetero) is 1. The molecule has 4 heteroatoms. The summed E-state index contributed by atoms with van der Waals surface area (Å²) in [5, 5.41) is 0.675. The maximum absolute atomic E-state index is 11.7. The lowest BCUT2D eigenvalue weighted by atomic mass is 10.1. The highest BCUT2D eigenvalue weighted by atomic mass is 79.9. The van der Waals surface area contributed by atoms with Crippen molar-refractivity contribution in [3.05, 3.63) is 29.3 Å². The average molecular weight is 336 g/mol. The lowest BCUT2D eigenvalue weighted by Gasteiger charge is -2.09. The number of benzene rings is 1. The summed E-state index contributed by atoms with van der Waals surface area (Å²) < 4.78 is 5.18. The van der Waals surface area contributed by atoms with Crippen LogP contribution in [-0.4, -0.2) is 17.7 Å². The van der Waals surface area contributed by atoms with Crippen LogP contribution in [0.3, 0.4) is 0 Å². The van der Waals surface area contributed by atoms with E-state index < -0.39 is 0 Å². The van der Waals surface area contributed by atoms with Crippen LogP contribution in [0.2, 0.25) is 0 Å². The maximum Gasteiger partial charge on any atom is 0.176 e. The van der Waals surface area contributed by atoms with Crippen molar-refractivity contribution in [3.8, 4) is 5.75 Å². The number of carbonyl (C=O) groups is 1. The Hall–Kier alpha value is -0.350. The monoisotopic (exact) mass is 334 g/mol. The Labute approximate surface area is 106 Å². The molecule has 0 aliphatic carbocycles. The Bertz CT molecular complexity index is 362. The van der Waals surface area contributed by atoms with Crippen molar-refractivity contribution < 1.29 is 9.53 Å². The molecule has 0 amide bonds. The highest BCUT2D eigenvalue weighted by Gasteiger charge is 2.13. The zero-order valence-electron chi connectivity index (χ0n) is 8.59. The van der Waals surface area contributed by atoms with E-state index in [9.17, 15) is 4.79 Å². The van der Waals surface area contributed by atoms with Gasteiger partial charge in [0.05, 0.1) is 11.9 Å². The quantitative estimate of drug-likeness (QED) is 0.621. The summed E-state index contributed by atoms with van der Waals surface area (Å²) in [6, 6.07) is 5.46. The summed E-state index contributed by atoms with van der Waals surface area (Å²) >= 11 is 6.63. The van der Waals surface area contributed by atoms with Gasteiger partial charge in [-0.3, -0.25) is 4.79 Å². The summed E-state index contributed by atoms with van der Waals surface area (Å²) in [4.78, 5) is 11.6. The van der Waals surface area contributed by atoms with Crippen molar-refractivity contribution >= 4 is 37.6 Å². The lowest BCUT2D eigenvalue weighted by Crippen LogP contribution is -2.10. The molecule has 15 heavy (non-hydrogen) atoms. The van der Waals surface area contributed by atoms with Gasteiger partial charge in [0, 0.05) is 16.5 Å². The van der Waals surface area contributed by atoms with Gasteiger partial charge in [0.2, 0.25) is 0 Å². The molecule has 0 saturated heterocycles. The van der Waals surface area contributed by atoms with Crippen LogP contribution in [0.25, 0.3) is 0 Å². The molecule has 1 aromatic carbocycles. The first-order valence-electron chi connectivity index (χ1n) is 4.51. The third kappa shape index (κ3) is 3.05. The van der Waals surface area contributed by atoms with Gasteiger partial charge in [-0.25, -0.2) is 0 Å². The fraction of sp³-hybridized carbons (Fsp3) is 0.364. The lowest BCUT2D eigenvalue weighted by molar-refractivity contribution is 0.0995. The van der Waals surface area contributed by atoms with Crippen molar-refractivity contribution in [1.29, 1.82) is 0 Å². The molecule has 0 aliphatic heterocycles.